The molecule has 0 aliphatic heterocycles. The van der Waals surface area contributed by atoms with Gasteiger partial charge in [-0.25, -0.2) is 9.37 Å². The van der Waals surface area contributed by atoms with Gasteiger partial charge in [-0.3, -0.25) is 0 Å². The second-order valence-electron chi connectivity index (χ2n) is 4.29. The molecule has 2 nitrogen and oxygen atoms in total. The van der Waals surface area contributed by atoms with Gasteiger partial charge in [-0.15, -0.1) is 11.3 Å². The molecule has 1 N–H and O–H groups in total. The lowest BCUT2D eigenvalue weighted by atomic mass is 10.0. The molecule has 1 heterocycles. The minimum Gasteiger partial charge on any atom is -0.396 e. The molecule has 18 heavy (non-hydrogen) atoms. The lowest BCUT2D eigenvalue weighted by Gasteiger charge is -2.07. The number of aliphatic hydroxyl groups is 1. The zero-order valence-corrected chi connectivity index (χ0v) is 11.1. The summed E-state index contributed by atoms with van der Waals surface area (Å²) in [6.07, 6.45) is 1.75. The first-order valence-electron chi connectivity index (χ1n) is 6.04. The fraction of sp³-hybridized carbons (Fsp3) is 0.357. The van der Waals surface area contributed by atoms with Gasteiger partial charge in [0.15, 0.2) is 0 Å². The SMILES string of the molecule is CCC(CO)Cc1nc(-c2ccc(F)cc2)cs1. The van der Waals surface area contributed by atoms with Crippen molar-refractivity contribution in [1.29, 1.82) is 0 Å². The van der Waals surface area contributed by atoms with Crippen molar-refractivity contribution in [3.63, 3.8) is 0 Å². The molecule has 0 aliphatic rings. The van der Waals surface area contributed by atoms with Gasteiger partial charge in [0, 0.05) is 24.0 Å². The molecule has 2 aromatic rings. The van der Waals surface area contributed by atoms with E-state index in [4.69, 9.17) is 0 Å². The fourth-order valence-electron chi connectivity index (χ4n) is 1.74. The first-order valence-corrected chi connectivity index (χ1v) is 6.92. The fourth-order valence-corrected chi connectivity index (χ4v) is 2.66. The maximum atomic E-state index is 12.8. The second-order valence-corrected chi connectivity index (χ2v) is 5.24. The van der Waals surface area contributed by atoms with Gasteiger partial charge in [0.2, 0.25) is 0 Å². The Morgan fingerprint density at radius 3 is 2.67 bits per heavy atom. The van der Waals surface area contributed by atoms with Crippen molar-refractivity contribution in [2.45, 2.75) is 19.8 Å². The molecule has 0 saturated carbocycles. The van der Waals surface area contributed by atoms with E-state index < -0.39 is 0 Å². The molecule has 0 spiro atoms. The zero-order chi connectivity index (χ0) is 13.0. The molecule has 0 radical (unpaired) electrons. The van der Waals surface area contributed by atoms with Gasteiger partial charge >= 0.3 is 0 Å². The van der Waals surface area contributed by atoms with Crippen molar-refractivity contribution in [3.05, 3.63) is 40.5 Å². The summed E-state index contributed by atoms with van der Waals surface area (Å²) < 4.78 is 12.8. The normalized spacial score (nSPS) is 12.6. The number of aliphatic hydroxyl groups excluding tert-OH is 1. The maximum Gasteiger partial charge on any atom is 0.123 e. The van der Waals surface area contributed by atoms with Crippen LogP contribution in [-0.4, -0.2) is 16.7 Å². The first-order chi connectivity index (χ1) is 8.72. The van der Waals surface area contributed by atoms with Gasteiger partial charge in [-0.1, -0.05) is 13.3 Å². The summed E-state index contributed by atoms with van der Waals surface area (Å²) in [6, 6.07) is 6.35. The van der Waals surface area contributed by atoms with Crippen molar-refractivity contribution in [3.8, 4) is 11.3 Å². The Balaban J connectivity index is 2.12. The Kier molecular flexibility index (Phi) is 4.44. The summed E-state index contributed by atoms with van der Waals surface area (Å²) in [5, 5.41) is 12.2. The average molecular weight is 265 g/mol. The molecular formula is C14H16FNOS. The molecule has 96 valence electrons. The summed E-state index contributed by atoms with van der Waals surface area (Å²) in [4.78, 5) is 4.53. The van der Waals surface area contributed by atoms with Crippen LogP contribution in [0.2, 0.25) is 0 Å². The lowest BCUT2D eigenvalue weighted by Crippen LogP contribution is -2.07. The predicted octanol–water partition coefficient (Wildman–Crippen LogP) is 3.51. The molecule has 1 unspecified atom stereocenters. The van der Waals surface area contributed by atoms with E-state index in [1.54, 1.807) is 23.5 Å². The van der Waals surface area contributed by atoms with Gasteiger partial charge in [0.05, 0.1) is 10.7 Å². The summed E-state index contributed by atoms with van der Waals surface area (Å²) in [7, 11) is 0. The maximum absolute atomic E-state index is 12.8. The summed E-state index contributed by atoms with van der Waals surface area (Å²) in [6.45, 7) is 2.26. The van der Waals surface area contributed by atoms with Crippen LogP contribution in [0.5, 0.6) is 0 Å². The van der Waals surface area contributed by atoms with Crippen molar-refractivity contribution in [1.82, 2.24) is 4.98 Å². The number of aromatic nitrogens is 1. The van der Waals surface area contributed by atoms with E-state index in [1.807, 2.05) is 5.38 Å². The van der Waals surface area contributed by atoms with Crippen LogP contribution in [-0.2, 0) is 6.42 Å². The van der Waals surface area contributed by atoms with Crippen molar-refractivity contribution in [2.75, 3.05) is 6.61 Å². The molecule has 4 heteroatoms. The highest BCUT2D eigenvalue weighted by Gasteiger charge is 2.10. The van der Waals surface area contributed by atoms with E-state index >= 15 is 0 Å². The third-order valence-corrected chi connectivity index (χ3v) is 3.86. The van der Waals surface area contributed by atoms with Crippen LogP contribution >= 0.6 is 11.3 Å². The molecular weight excluding hydrogens is 249 g/mol. The highest BCUT2D eigenvalue weighted by atomic mass is 32.1. The highest BCUT2D eigenvalue weighted by Crippen LogP contribution is 2.24. The Hall–Kier alpha value is -1.26. The van der Waals surface area contributed by atoms with Crippen LogP contribution in [0.3, 0.4) is 0 Å². The monoisotopic (exact) mass is 265 g/mol. The molecule has 0 saturated heterocycles. The Morgan fingerprint density at radius 2 is 2.06 bits per heavy atom. The number of nitrogens with zero attached hydrogens (tertiary/aromatic N) is 1. The molecule has 1 aromatic carbocycles. The van der Waals surface area contributed by atoms with Crippen LogP contribution in [0.15, 0.2) is 29.6 Å². The quantitative estimate of drug-likeness (QED) is 0.897. The smallest absolute Gasteiger partial charge is 0.123 e. The standard InChI is InChI=1S/C14H16FNOS/c1-2-10(8-17)7-14-16-13(9-18-14)11-3-5-12(15)6-4-11/h3-6,9-10,17H,2,7-8H2,1H3. The first kappa shape index (κ1) is 13.2. The second kappa shape index (κ2) is 6.07. The van der Waals surface area contributed by atoms with Gasteiger partial charge in [0.25, 0.3) is 0 Å². The zero-order valence-electron chi connectivity index (χ0n) is 10.3. The molecule has 2 rings (SSSR count). The summed E-state index contributed by atoms with van der Waals surface area (Å²) in [5.41, 5.74) is 1.80. The van der Waals surface area contributed by atoms with E-state index in [1.165, 1.54) is 12.1 Å². The van der Waals surface area contributed by atoms with E-state index in [-0.39, 0.29) is 18.3 Å². The Morgan fingerprint density at radius 1 is 1.33 bits per heavy atom. The van der Waals surface area contributed by atoms with Crippen LogP contribution in [0, 0.1) is 11.7 Å². The average Bonchev–Trinajstić information content (AvgIpc) is 2.85. The molecule has 1 aromatic heterocycles. The van der Waals surface area contributed by atoms with Gasteiger partial charge in [-0.05, 0) is 30.2 Å². The minimum absolute atomic E-state index is 0.196. The van der Waals surface area contributed by atoms with Crippen LogP contribution in [0.1, 0.15) is 18.4 Å². The third-order valence-electron chi connectivity index (χ3n) is 2.99. The van der Waals surface area contributed by atoms with Gasteiger partial charge in [0.1, 0.15) is 5.82 Å². The predicted molar refractivity (Wildman–Crippen MR) is 72.1 cm³/mol. The number of benzene rings is 1. The molecule has 0 amide bonds. The Labute approximate surface area is 110 Å². The molecule has 0 fully saturated rings. The minimum atomic E-state index is -0.236. The number of rotatable bonds is 5. The van der Waals surface area contributed by atoms with E-state index in [0.717, 1.165) is 29.1 Å². The van der Waals surface area contributed by atoms with Crippen molar-refractivity contribution >= 4 is 11.3 Å². The van der Waals surface area contributed by atoms with Crippen molar-refractivity contribution in [2.24, 2.45) is 5.92 Å². The molecule has 0 aliphatic carbocycles. The van der Waals surface area contributed by atoms with Crippen LogP contribution in [0.25, 0.3) is 11.3 Å². The highest BCUT2D eigenvalue weighted by molar-refractivity contribution is 7.09. The number of hydrogen-bond acceptors (Lipinski definition) is 3. The largest absolute Gasteiger partial charge is 0.396 e. The summed E-state index contributed by atoms with van der Waals surface area (Å²) >= 11 is 1.59. The number of halogens is 1. The van der Waals surface area contributed by atoms with Gasteiger partial charge in [-0.2, -0.15) is 0 Å². The van der Waals surface area contributed by atoms with Crippen LogP contribution < -0.4 is 0 Å². The lowest BCUT2D eigenvalue weighted by molar-refractivity contribution is 0.222. The van der Waals surface area contributed by atoms with E-state index in [2.05, 4.69) is 11.9 Å². The van der Waals surface area contributed by atoms with E-state index in [9.17, 15) is 9.50 Å². The summed E-state index contributed by atoms with van der Waals surface area (Å²) in [5.74, 6) is 0.0396. The number of hydrogen-bond donors (Lipinski definition) is 1. The molecule has 1 atom stereocenters. The number of thiazole rings is 1. The van der Waals surface area contributed by atoms with Crippen LogP contribution in [0.4, 0.5) is 4.39 Å². The third kappa shape index (κ3) is 3.15. The molecule has 0 bridgehead atoms. The Bertz CT molecular complexity index is 491. The van der Waals surface area contributed by atoms with E-state index in [0.29, 0.717) is 0 Å². The van der Waals surface area contributed by atoms with Crippen molar-refractivity contribution < 1.29 is 9.50 Å². The van der Waals surface area contributed by atoms with Gasteiger partial charge < -0.3 is 5.11 Å². The topological polar surface area (TPSA) is 33.1 Å².